The third-order valence-electron chi connectivity index (χ3n) is 6.56. The molecule has 0 aromatic heterocycles. The van der Waals surface area contributed by atoms with Gasteiger partial charge in [0.1, 0.15) is 17.7 Å². The number of amides is 1. The average Bonchev–Trinajstić information content (AvgIpc) is 2.99. The molecule has 5 rings (SSSR count). The van der Waals surface area contributed by atoms with E-state index in [1.807, 2.05) is 97.3 Å². The van der Waals surface area contributed by atoms with E-state index in [0.717, 1.165) is 21.7 Å². The van der Waals surface area contributed by atoms with Crippen LogP contribution < -0.4 is 0 Å². The smallest absolute Gasteiger partial charge is 0.356 e. The van der Waals surface area contributed by atoms with Crippen LogP contribution in [-0.2, 0) is 23.9 Å². The number of esters is 2. The second-order valence-electron chi connectivity index (χ2n) is 9.20. The zero-order valence-electron chi connectivity index (χ0n) is 22.1. The molecule has 0 saturated carbocycles. The lowest BCUT2D eigenvalue weighted by Gasteiger charge is -2.48. The zero-order valence-corrected chi connectivity index (χ0v) is 23.7. The Hall–Kier alpha value is -3.82. The Bertz CT molecular complexity index is 1400. The molecule has 0 N–H and O–H groups in total. The van der Waals surface area contributed by atoms with Gasteiger partial charge in [-0.3, -0.25) is 19.5 Å². The van der Waals surface area contributed by atoms with Crippen molar-refractivity contribution in [3.8, 4) is 0 Å². The van der Waals surface area contributed by atoms with Crippen molar-refractivity contribution in [2.24, 2.45) is 4.99 Å². The van der Waals surface area contributed by atoms with E-state index in [0.29, 0.717) is 11.3 Å². The number of β-lactam (4-membered cyclic amide) rings is 1. The van der Waals surface area contributed by atoms with Crippen molar-refractivity contribution in [3.05, 3.63) is 119 Å². The third-order valence-corrected chi connectivity index (χ3v) is 8.62. The minimum Gasteiger partial charge on any atom is -0.461 e. The number of nitrogens with zero attached hydrogens (tertiary/aromatic N) is 2. The number of thioether (sulfide) groups is 2. The summed E-state index contributed by atoms with van der Waals surface area (Å²) >= 11 is 2.97. The molecule has 0 spiro atoms. The van der Waals surface area contributed by atoms with Crippen LogP contribution in [0.25, 0.3) is 0 Å². The maximum Gasteiger partial charge on any atom is 0.356 e. The number of benzene rings is 3. The van der Waals surface area contributed by atoms with Gasteiger partial charge in [0.15, 0.2) is 12.1 Å². The molecule has 204 valence electrons. The molecule has 0 radical (unpaired) electrons. The van der Waals surface area contributed by atoms with Gasteiger partial charge in [-0.1, -0.05) is 91.0 Å². The molecule has 3 aromatic carbocycles. The van der Waals surface area contributed by atoms with E-state index in [1.54, 1.807) is 0 Å². The summed E-state index contributed by atoms with van der Waals surface area (Å²) in [5.74, 6) is -1.000. The number of fused-ring (bicyclic) bond motifs is 1. The summed E-state index contributed by atoms with van der Waals surface area (Å²) in [4.78, 5) is 45.3. The van der Waals surface area contributed by atoms with Gasteiger partial charge in [0.25, 0.3) is 5.91 Å². The van der Waals surface area contributed by atoms with E-state index in [-0.39, 0.29) is 23.6 Å². The number of rotatable bonds is 8. The van der Waals surface area contributed by atoms with Crippen LogP contribution in [0.1, 0.15) is 29.7 Å². The molecule has 2 aliphatic heterocycles. The summed E-state index contributed by atoms with van der Waals surface area (Å²) in [5.41, 5.74) is 3.20. The van der Waals surface area contributed by atoms with Gasteiger partial charge in [0.2, 0.25) is 0 Å². The van der Waals surface area contributed by atoms with Crippen LogP contribution in [0, 0.1) is 0 Å². The van der Waals surface area contributed by atoms with Crippen molar-refractivity contribution < 1.29 is 23.9 Å². The lowest BCUT2D eigenvalue weighted by atomic mass is 10.0. The van der Waals surface area contributed by atoms with Crippen molar-refractivity contribution in [1.29, 1.82) is 0 Å². The second kappa shape index (κ2) is 12.6. The van der Waals surface area contributed by atoms with Crippen LogP contribution in [0.2, 0.25) is 0 Å². The van der Waals surface area contributed by atoms with Crippen LogP contribution in [0.15, 0.2) is 107 Å². The quantitative estimate of drug-likeness (QED) is 0.158. The van der Waals surface area contributed by atoms with Gasteiger partial charge in [-0.2, -0.15) is 0 Å². The van der Waals surface area contributed by atoms with E-state index in [1.165, 1.54) is 35.3 Å². The molecule has 1 fully saturated rings. The summed E-state index contributed by atoms with van der Waals surface area (Å²) < 4.78 is 11.4. The molecular weight excluding hydrogens is 544 g/mol. The van der Waals surface area contributed by atoms with Crippen molar-refractivity contribution >= 4 is 46.4 Å². The van der Waals surface area contributed by atoms with Gasteiger partial charge >= 0.3 is 11.9 Å². The van der Waals surface area contributed by atoms with E-state index in [2.05, 4.69) is 0 Å². The molecule has 1 saturated heterocycles. The Kier molecular flexibility index (Phi) is 8.72. The lowest BCUT2D eigenvalue weighted by Crippen LogP contribution is -2.64. The first-order valence-electron chi connectivity index (χ1n) is 12.8. The van der Waals surface area contributed by atoms with E-state index >= 15 is 0 Å². The van der Waals surface area contributed by atoms with E-state index < -0.39 is 24.1 Å². The predicted molar refractivity (Wildman–Crippen MR) is 158 cm³/mol. The first kappa shape index (κ1) is 27.7. The fraction of sp³-hybridized carbons (Fsp3) is 0.226. The maximum atomic E-state index is 13.9. The molecule has 3 aromatic rings. The number of hydrogen-bond donors (Lipinski definition) is 0. The van der Waals surface area contributed by atoms with Gasteiger partial charge in [0.05, 0.1) is 5.04 Å². The summed E-state index contributed by atoms with van der Waals surface area (Å²) in [5, 5.41) is 0.389. The first-order chi connectivity index (χ1) is 19.5. The molecule has 40 heavy (non-hydrogen) atoms. The highest BCUT2D eigenvalue weighted by Crippen LogP contribution is 2.43. The Balaban J connectivity index is 1.47. The molecule has 2 heterocycles. The highest BCUT2D eigenvalue weighted by Gasteiger charge is 2.54. The van der Waals surface area contributed by atoms with Gasteiger partial charge < -0.3 is 9.47 Å². The minimum absolute atomic E-state index is 0.0986. The fourth-order valence-electron chi connectivity index (χ4n) is 4.64. The van der Waals surface area contributed by atoms with Crippen LogP contribution >= 0.6 is 23.5 Å². The summed E-state index contributed by atoms with van der Waals surface area (Å²) in [6, 6.07) is 28.0. The van der Waals surface area contributed by atoms with E-state index in [9.17, 15) is 14.4 Å². The normalized spacial score (nSPS) is 18.7. The number of aliphatic imine (C=N–C) groups is 1. The summed E-state index contributed by atoms with van der Waals surface area (Å²) in [6.07, 6.45) is 1.24. The molecule has 2 aliphatic rings. The molecular formula is C31H28N2O5S2. The SMILES string of the molecule is CSC(=N[C@@H]1C(=O)N2C(C(=O)OC(c3ccccc3)c3ccccc3)=C(COC(C)=O)CS[C@H]12)c1ccccc1. The standard InChI is InChI=1S/C31H28N2O5S2/c1-20(34)37-18-24-19-40-30-25(32-28(39-2)23-16-10-5-11-17-23)29(35)33(30)26(24)31(36)38-27(21-12-6-3-7-13-21)22-14-8-4-9-15-22/h3-17,25,27,30H,18-19H2,1-2H3/t25-,30-/m1/s1. The highest BCUT2D eigenvalue weighted by molar-refractivity contribution is 8.13. The van der Waals surface area contributed by atoms with Gasteiger partial charge in [-0.05, 0) is 17.4 Å². The van der Waals surface area contributed by atoms with Crippen molar-refractivity contribution in [2.75, 3.05) is 18.6 Å². The van der Waals surface area contributed by atoms with Crippen molar-refractivity contribution in [3.63, 3.8) is 0 Å². The van der Waals surface area contributed by atoms with Crippen LogP contribution in [0.4, 0.5) is 0 Å². The number of hydrogen-bond acceptors (Lipinski definition) is 8. The zero-order chi connectivity index (χ0) is 28.1. The highest BCUT2D eigenvalue weighted by atomic mass is 32.2. The number of carbonyl (C=O) groups excluding carboxylic acids is 3. The topological polar surface area (TPSA) is 85.3 Å². The maximum absolute atomic E-state index is 13.9. The van der Waals surface area contributed by atoms with Crippen molar-refractivity contribution in [1.82, 2.24) is 4.90 Å². The van der Waals surface area contributed by atoms with Crippen LogP contribution in [0.3, 0.4) is 0 Å². The summed E-state index contributed by atoms with van der Waals surface area (Å²) in [6.45, 7) is 1.21. The minimum atomic E-state index is -0.684. The Labute approximate surface area is 241 Å². The molecule has 0 aliphatic carbocycles. The second-order valence-corrected chi connectivity index (χ2v) is 11.1. The molecule has 0 bridgehead atoms. The summed E-state index contributed by atoms with van der Waals surface area (Å²) in [7, 11) is 0. The van der Waals surface area contributed by atoms with Crippen LogP contribution in [-0.4, -0.2) is 57.8 Å². The molecule has 0 unspecified atom stereocenters. The molecule has 7 nitrogen and oxygen atoms in total. The van der Waals surface area contributed by atoms with Gasteiger partial charge in [-0.15, -0.1) is 23.5 Å². The predicted octanol–water partition coefficient (Wildman–Crippen LogP) is 5.23. The Morgan fingerprint density at radius 3 is 2.10 bits per heavy atom. The Morgan fingerprint density at radius 2 is 1.55 bits per heavy atom. The number of carbonyl (C=O) groups is 3. The molecule has 9 heteroatoms. The van der Waals surface area contributed by atoms with Gasteiger partial charge in [0, 0.05) is 23.8 Å². The monoisotopic (exact) mass is 572 g/mol. The number of ether oxygens (including phenoxy) is 2. The van der Waals surface area contributed by atoms with Gasteiger partial charge in [-0.25, -0.2) is 4.79 Å². The molecule has 1 amide bonds. The fourth-order valence-corrected chi connectivity index (χ4v) is 6.54. The third kappa shape index (κ3) is 5.85. The first-order valence-corrected chi connectivity index (χ1v) is 15.0. The molecule has 2 atom stereocenters. The lowest BCUT2D eigenvalue weighted by molar-refractivity contribution is -0.153. The largest absolute Gasteiger partial charge is 0.461 e. The Morgan fingerprint density at radius 1 is 0.975 bits per heavy atom. The van der Waals surface area contributed by atoms with Crippen LogP contribution in [0.5, 0.6) is 0 Å². The van der Waals surface area contributed by atoms with E-state index in [4.69, 9.17) is 14.5 Å². The average molecular weight is 573 g/mol. The van der Waals surface area contributed by atoms with Crippen molar-refractivity contribution in [2.45, 2.75) is 24.4 Å².